The first-order chi connectivity index (χ1) is 13.8. The molecule has 1 unspecified atom stereocenters. The molecule has 2 aliphatic rings. The summed E-state index contributed by atoms with van der Waals surface area (Å²) in [7, 11) is 0. The molecule has 2 N–H and O–H groups in total. The average molecular weight is 464 g/mol. The zero-order valence-electron chi connectivity index (χ0n) is 15.1. The Morgan fingerprint density at radius 1 is 1.24 bits per heavy atom. The first-order valence-corrected chi connectivity index (χ1v) is 9.36. The van der Waals surface area contributed by atoms with E-state index >= 15 is 0 Å². The van der Waals surface area contributed by atoms with Crippen molar-refractivity contribution in [1.82, 2.24) is 10.2 Å². The van der Waals surface area contributed by atoms with Crippen LogP contribution < -0.4 is 20.1 Å². The highest BCUT2D eigenvalue weighted by atomic mass is 79.9. The first kappa shape index (κ1) is 19.2. The van der Waals surface area contributed by atoms with E-state index in [0.717, 1.165) is 4.90 Å². The van der Waals surface area contributed by atoms with E-state index in [1.54, 1.807) is 24.3 Å². The first-order valence-electron chi connectivity index (χ1n) is 8.57. The van der Waals surface area contributed by atoms with Gasteiger partial charge >= 0.3 is 6.03 Å². The smallest absolute Gasteiger partial charge is 0.325 e. The van der Waals surface area contributed by atoms with Crippen LogP contribution in [0.3, 0.4) is 0 Å². The van der Waals surface area contributed by atoms with E-state index in [0.29, 0.717) is 21.5 Å². The van der Waals surface area contributed by atoms with Gasteiger partial charge in [0.1, 0.15) is 17.9 Å². The van der Waals surface area contributed by atoms with Crippen molar-refractivity contribution in [3.05, 3.63) is 52.3 Å². The van der Waals surface area contributed by atoms with E-state index < -0.39 is 35.7 Å². The zero-order valence-corrected chi connectivity index (χ0v) is 16.7. The molecule has 150 valence electrons. The molecule has 2 aromatic rings. The minimum atomic E-state index is -1.37. The molecule has 2 aromatic carbocycles. The van der Waals surface area contributed by atoms with Gasteiger partial charge in [-0.15, -0.1) is 0 Å². The Balaban J connectivity index is 1.51. The van der Waals surface area contributed by atoms with Crippen LogP contribution in [-0.2, 0) is 15.1 Å². The maximum Gasteiger partial charge on any atom is 0.325 e. The quantitative estimate of drug-likeness (QED) is 0.679. The van der Waals surface area contributed by atoms with Crippen LogP contribution in [0.1, 0.15) is 12.5 Å². The summed E-state index contributed by atoms with van der Waals surface area (Å²) in [5.41, 5.74) is -0.938. The van der Waals surface area contributed by atoms with Crippen LogP contribution in [0, 0.1) is 5.82 Å². The van der Waals surface area contributed by atoms with Gasteiger partial charge in [0, 0.05) is 4.47 Å². The second-order valence-corrected chi connectivity index (χ2v) is 7.60. The fraction of sp³-hybridized carbons (Fsp3) is 0.211. The lowest BCUT2D eigenvalue weighted by Crippen LogP contribution is -2.42. The highest BCUT2D eigenvalue weighted by molar-refractivity contribution is 9.10. The van der Waals surface area contributed by atoms with Gasteiger partial charge in [-0.1, -0.05) is 22.0 Å². The number of ether oxygens (including phenoxy) is 2. The molecular formula is C19H15BrFN3O5. The fourth-order valence-electron chi connectivity index (χ4n) is 3.17. The molecule has 0 bridgehead atoms. The Morgan fingerprint density at radius 3 is 2.76 bits per heavy atom. The summed E-state index contributed by atoms with van der Waals surface area (Å²) in [5.74, 6) is -0.942. The molecule has 1 saturated heterocycles. The second kappa shape index (κ2) is 7.03. The number of anilines is 1. The monoisotopic (exact) mass is 463 g/mol. The number of urea groups is 1. The SMILES string of the molecule is CC1(c2ccc3c(c2)OCO3)NC(=O)N(CC(=O)Nc2ccc(Br)cc2F)C1=O. The lowest BCUT2D eigenvalue weighted by atomic mass is 9.91. The summed E-state index contributed by atoms with van der Waals surface area (Å²) in [6.07, 6.45) is 0. The van der Waals surface area contributed by atoms with Crippen molar-refractivity contribution in [3.8, 4) is 11.5 Å². The van der Waals surface area contributed by atoms with E-state index in [4.69, 9.17) is 9.47 Å². The molecule has 29 heavy (non-hydrogen) atoms. The van der Waals surface area contributed by atoms with Crippen molar-refractivity contribution in [2.75, 3.05) is 18.7 Å². The Kier molecular flexibility index (Phi) is 4.65. The highest BCUT2D eigenvalue weighted by Crippen LogP contribution is 2.37. The Hall–Kier alpha value is -3.14. The number of halogens is 2. The zero-order chi connectivity index (χ0) is 20.8. The summed E-state index contributed by atoms with van der Waals surface area (Å²) in [4.78, 5) is 38.4. The number of nitrogens with zero attached hydrogens (tertiary/aromatic N) is 1. The minimum absolute atomic E-state index is 0.0520. The molecule has 4 rings (SSSR count). The maximum absolute atomic E-state index is 13.9. The molecule has 0 spiro atoms. The molecule has 1 atom stereocenters. The van der Waals surface area contributed by atoms with Gasteiger partial charge < -0.3 is 20.1 Å². The second-order valence-electron chi connectivity index (χ2n) is 6.69. The van der Waals surface area contributed by atoms with Gasteiger partial charge in [-0.05, 0) is 42.8 Å². The summed E-state index contributed by atoms with van der Waals surface area (Å²) in [6.45, 7) is 1.06. The molecule has 0 aromatic heterocycles. The molecule has 8 nitrogen and oxygen atoms in total. The minimum Gasteiger partial charge on any atom is -0.454 e. The number of amides is 4. The van der Waals surface area contributed by atoms with E-state index in [1.165, 1.54) is 19.1 Å². The number of benzene rings is 2. The van der Waals surface area contributed by atoms with Crippen molar-refractivity contribution >= 4 is 39.5 Å². The molecular weight excluding hydrogens is 449 g/mol. The summed E-state index contributed by atoms with van der Waals surface area (Å²) < 4.78 is 25.0. The summed E-state index contributed by atoms with van der Waals surface area (Å²) in [5, 5.41) is 4.97. The van der Waals surface area contributed by atoms with Crippen LogP contribution in [0.4, 0.5) is 14.9 Å². The Morgan fingerprint density at radius 2 is 2.00 bits per heavy atom. The topological polar surface area (TPSA) is 97.0 Å². The largest absolute Gasteiger partial charge is 0.454 e. The number of nitrogens with one attached hydrogen (secondary N) is 2. The third kappa shape index (κ3) is 3.39. The van der Waals surface area contributed by atoms with Gasteiger partial charge in [-0.2, -0.15) is 0 Å². The van der Waals surface area contributed by atoms with E-state index in [9.17, 15) is 18.8 Å². The molecule has 2 heterocycles. The predicted octanol–water partition coefficient (Wildman–Crippen LogP) is 2.72. The molecule has 4 amide bonds. The lowest BCUT2D eigenvalue weighted by Gasteiger charge is -2.22. The third-order valence-electron chi connectivity index (χ3n) is 4.73. The van der Waals surface area contributed by atoms with Crippen LogP contribution in [0.15, 0.2) is 40.9 Å². The van der Waals surface area contributed by atoms with Crippen molar-refractivity contribution in [3.63, 3.8) is 0 Å². The van der Waals surface area contributed by atoms with Crippen LogP contribution >= 0.6 is 15.9 Å². The highest BCUT2D eigenvalue weighted by Gasteiger charge is 2.49. The fourth-order valence-corrected chi connectivity index (χ4v) is 3.50. The van der Waals surface area contributed by atoms with Gasteiger partial charge in [0.2, 0.25) is 12.7 Å². The van der Waals surface area contributed by atoms with Gasteiger partial charge in [0.15, 0.2) is 11.5 Å². The lowest BCUT2D eigenvalue weighted by molar-refractivity contribution is -0.133. The number of hydrogen-bond donors (Lipinski definition) is 2. The van der Waals surface area contributed by atoms with Crippen LogP contribution in [-0.4, -0.2) is 36.1 Å². The van der Waals surface area contributed by atoms with Crippen LogP contribution in [0.2, 0.25) is 0 Å². The maximum atomic E-state index is 13.9. The number of hydrogen-bond acceptors (Lipinski definition) is 5. The van der Waals surface area contributed by atoms with E-state index in [-0.39, 0.29) is 12.5 Å². The van der Waals surface area contributed by atoms with Crippen LogP contribution in [0.25, 0.3) is 0 Å². The molecule has 0 aliphatic carbocycles. The molecule has 2 aliphatic heterocycles. The van der Waals surface area contributed by atoms with E-state index in [1.807, 2.05) is 0 Å². The van der Waals surface area contributed by atoms with Gasteiger partial charge in [-0.3, -0.25) is 14.5 Å². The van der Waals surface area contributed by atoms with Crippen molar-refractivity contribution in [1.29, 1.82) is 0 Å². The number of carbonyl (C=O) groups excluding carboxylic acids is 3. The molecule has 0 saturated carbocycles. The standard InChI is InChI=1S/C19H15BrFN3O5/c1-19(10-2-5-14-15(6-10)29-9-28-14)17(26)24(18(27)23-19)8-16(25)22-13-4-3-11(20)7-12(13)21/h2-7H,8-9H2,1H3,(H,22,25)(H,23,27). The van der Waals surface area contributed by atoms with Crippen molar-refractivity contribution in [2.24, 2.45) is 0 Å². The van der Waals surface area contributed by atoms with E-state index in [2.05, 4.69) is 26.6 Å². The van der Waals surface area contributed by atoms with Gasteiger partial charge in [0.05, 0.1) is 5.69 Å². The molecule has 10 heteroatoms. The van der Waals surface area contributed by atoms with Gasteiger partial charge in [0.25, 0.3) is 5.91 Å². The summed E-state index contributed by atoms with van der Waals surface area (Å²) in [6, 6.07) is 8.31. The Labute approximate surface area is 173 Å². The molecule has 1 fully saturated rings. The predicted molar refractivity (Wildman–Crippen MR) is 103 cm³/mol. The molecule has 0 radical (unpaired) electrons. The van der Waals surface area contributed by atoms with Crippen LogP contribution in [0.5, 0.6) is 11.5 Å². The van der Waals surface area contributed by atoms with Crippen molar-refractivity contribution < 1.29 is 28.2 Å². The third-order valence-corrected chi connectivity index (χ3v) is 5.23. The summed E-state index contributed by atoms with van der Waals surface area (Å²) >= 11 is 3.13. The van der Waals surface area contributed by atoms with Gasteiger partial charge in [-0.25, -0.2) is 9.18 Å². The Bertz CT molecular complexity index is 1050. The van der Waals surface area contributed by atoms with Crippen molar-refractivity contribution in [2.45, 2.75) is 12.5 Å². The average Bonchev–Trinajstić information content (AvgIpc) is 3.22. The normalized spacial score (nSPS) is 20.0. The number of imide groups is 1. The number of carbonyl (C=O) groups is 3. The number of rotatable bonds is 4. The number of fused-ring (bicyclic) bond motifs is 1.